The fourth-order valence-electron chi connectivity index (χ4n) is 7.17. The molecule has 176 valence electrons. The normalized spacial score (nSPS) is 14.0. The van der Waals surface area contributed by atoms with Gasteiger partial charge in [0.25, 0.3) is 0 Å². The lowest BCUT2D eigenvalue weighted by Gasteiger charge is -2.30. The van der Waals surface area contributed by atoms with Crippen LogP contribution in [0.4, 0.5) is 0 Å². The molecule has 9 rings (SSSR count). The smallest absolute Gasteiger partial charge is 0.136 e. The Labute approximate surface area is 220 Å². The maximum atomic E-state index is 6.62. The van der Waals surface area contributed by atoms with Gasteiger partial charge in [-0.15, -0.1) is 0 Å². The molecule has 0 atom stereocenters. The van der Waals surface area contributed by atoms with Crippen molar-refractivity contribution in [1.29, 1.82) is 0 Å². The molecule has 1 nitrogen and oxygen atoms in total. The van der Waals surface area contributed by atoms with Crippen LogP contribution in [0, 0.1) is 0 Å². The van der Waals surface area contributed by atoms with E-state index >= 15 is 0 Å². The Morgan fingerprint density at radius 2 is 0.921 bits per heavy atom. The van der Waals surface area contributed by atoms with Crippen LogP contribution >= 0.6 is 0 Å². The van der Waals surface area contributed by atoms with Gasteiger partial charge in [-0.3, -0.25) is 0 Å². The first kappa shape index (κ1) is 20.2. The van der Waals surface area contributed by atoms with Crippen molar-refractivity contribution in [2.24, 2.45) is 0 Å². The van der Waals surface area contributed by atoms with Crippen LogP contribution in [-0.4, -0.2) is 0 Å². The van der Waals surface area contributed by atoms with Gasteiger partial charge in [-0.25, -0.2) is 0 Å². The molecule has 1 heterocycles. The molecule has 0 saturated heterocycles. The molecule has 1 spiro atoms. The summed E-state index contributed by atoms with van der Waals surface area (Å²) in [5, 5.41) is 2.33. The van der Waals surface area contributed by atoms with Crippen LogP contribution in [0.15, 0.2) is 138 Å². The third kappa shape index (κ3) is 2.37. The van der Waals surface area contributed by atoms with E-state index in [9.17, 15) is 0 Å². The summed E-state index contributed by atoms with van der Waals surface area (Å²) < 4.78 is 6.62. The highest BCUT2D eigenvalue weighted by molar-refractivity contribution is 6.09. The Bertz CT molecular complexity index is 2030. The predicted octanol–water partition coefficient (Wildman–Crippen LogP) is 9.60. The fraction of sp³-hybridized carbons (Fsp3) is 0.0270. The Hall–Kier alpha value is -4.88. The lowest BCUT2D eigenvalue weighted by atomic mass is 9.70. The molecule has 0 amide bonds. The first-order chi connectivity index (χ1) is 18.8. The largest absolute Gasteiger partial charge is 0.456 e. The fourth-order valence-corrected chi connectivity index (χ4v) is 7.17. The molecule has 0 saturated carbocycles. The first-order valence-electron chi connectivity index (χ1n) is 13.2. The summed E-state index contributed by atoms with van der Waals surface area (Å²) in [5.74, 6) is 0. The van der Waals surface area contributed by atoms with E-state index in [0.29, 0.717) is 0 Å². The molecule has 1 heteroatoms. The van der Waals surface area contributed by atoms with Crippen molar-refractivity contribution in [3.63, 3.8) is 0 Å². The molecule has 1 aromatic heterocycles. The molecule has 0 bridgehead atoms. The minimum atomic E-state index is -0.346. The summed E-state index contributed by atoms with van der Waals surface area (Å²) in [6, 6.07) is 48.6. The zero-order valence-electron chi connectivity index (χ0n) is 20.6. The standard InChI is InChI=1S/C37H22O/c1-2-10-23(11-3-1)24-18-19-28-30-21-29-27-14-6-9-17-33(27)37(34(29)22-36(30)38-35(28)20-24)31-15-7-4-12-25(31)26-13-5-8-16-32(26)37/h1-22H. The zero-order chi connectivity index (χ0) is 24.8. The molecule has 0 N–H and O–H groups in total. The van der Waals surface area contributed by atoms with Crippen LogP contribution in [0.25, 0.3) is 55.3 Å². The van der Waals surface area contributed by atoms with E-state index in [2.05, 4.69) is 133 Å². The maximum Gasteiger partial charge on any atom is 0.136 e. The van der Waals surface area contributed by atoms with E-state index in [0.717, 1.165) is 16.6 Å². The van der Waals surface area contributed by atoms with E-state index < -0.39 is 0 Å². The summed E-state index contributed by atoms with van der Waals surface area (Å²) in [5.41, 5.74) is 14.5. The maximum absolute atomic E-state index is 6.62. The SMILES string of the molecule is c1ccc(-c2ccc3c(c2)oc2cc4c(cc23)-c2ccccc2C42c3ccccc3-c3ccccc32)cc1. The molecule has 0 unspecified atom stereocenters. The van der Waals surface area contributed by atoms with Crippen LogP contribution in [-0.2, 0) is 5.41 Å². The van der Waals surface area contributed by atoms with Crippen LogP contribution in [0.1, 0.15) is 22.3 Å². The topological polar surface area (TPSA) is 13.1 Å². The molecule has 38 heavy (non-hydrogen) atoms. The van der Waals surface area contributed by atoms with Gasteiger partial charge in [0, 0.05) is 10.8 Å². The number of rotatable bonds is 1. The molecule has 2 aliphatic rings. The number of hydrogen-bond acceptors (Lipinski definition) is 1. The first-order valence-corrected chi connectivity index (χ1v) is 13.2. The van der Waals surface area contributed by atoms with Gasteiger partial charge in [-0.1, -0.05) is 109 Å². The van der Waals surface area contributed by atoms with E-state index in [4.69, 9.17) is 4.42 Å². The van der Waals surface area contributed by atoms with Gasteiger partial charge >= 0.3 is 0 Å². The van der Waals surface area contributed by atoms with Crippen molar-refractivity contribution < 1.29 is 4.42 Å². The minimum Gasteiger partial charge on any atom is -0.456 e. The second kappa shape index (κ2) is 7.12. The summed E-state index contributed by atoms with van der Waals surface area (Å²) in [4.78, 5) is 0. The second-order valence-corrected chi connectivity index (χ2v) is 10.5. The van der Waals surface area contributed by atoms with Gasteiger partial charge in [0.15, 0.2) is 0 Å². The van der Waals surface area contributed by atoms with Crippen molar-refractivity contribution in [3.8, 4) is 33.4 Å². The van der Waals surface area contributed by atoms with Crippen molar-refractivity contribution >= 4 is 21.9 Å². The Kier molecular flexibility index (Phi) is 3.78. The lowest BCUT2D eigenvalue weighted by molar-refractivity contribution is 0.666. The third-order valence-electron chi connectivity index (χ3n) is 8.70. The summed E-state index contributed by atoms with van der Waals surface area (Å²) in [7, 11) is 0. The Morgan fingerprint density at radius 1 is 0.368 bits per heavy atom. The van der Waals surface area contributed by atoms with Gasteiger partial charge in [-0.05, 0) is 79.9 Å². The van der Waals surface area contributed by atoms with Gasteiger partial charge < -0.3 is 4.42 Å². The average Bonchev–Trinajstić information content (AvgIpc) is 3.59. The molecule has 0 fully saturated rings. The molecule has 0 radical (unpaired) electrons. The second-order valence-electron chi connectivity index (χ2n) is 10.5. The molecule has 0 aliphatic heterocycles. The quantitative estimate of drug-likeness (QED) is 0.227. The number of hydrogen-bond donors (Lipinski definition) is 0. The average molecular weight is 483 g/mol. The van der Waals surface area contributed by atoms with Gasteiger partial charge in [-0.2, -0.15) is 0 Å². The molecule has 7 aromatic rings. The van der Waals surface area contributed by atoms with Crippen molar-refractivity contribution in [2.75, 3.05) is 0 Å². The van der Waals surface area contributed by atoms with Crippen LogP contribution in [0.5, 0.6) is 0 Å². The summed E-state index contributed by atoms with van der Waals surface area (Å²) in [6.45, 7) is 0. The predicted molar refractivity (Wildman–Crippen MR) is 155 cm³/mol. The van der Waals surface area contributed by atoms with E-state index in [1.807, 2.05) is 0 Å². The summed E-state index contributed by atoms with van der Waals surface area (Å²) in [6.07, 6.45) is 0. The Morgan fingerprint density at radius 3 is 1.58 bits per heavy atom. The highest BCUT2D eigenvalue weighted by Gasteiger charge is 2.51. The molecule has 2 aliphatic carbocycles. The summed E-state index contributed by atoms with van der Waals surface area (Å²) >= 11 is 0. The molecular formula is C37H22O. The van der Waals surface area contributed by atoms with Crippen LogP contribution < -0.4 is 0 Å². The van der Waals surface area contributed by atoms with Crippen molar-refractivity contribution in [2.45, 2.75) is 5.41 Å². The van der Waals surface area contributed by atoms with Gasteiger partial charge in [0.1, 0.15) is 11.2 Å². The van der Waals surface area contributed by atoms with E-state index in [1.54, 1.807) is 0 Å². The van der Waals surface area contributed by atoms with Crippen molar-refractivity contribution in [1.82, 2.24) is 0 Å². The third-order valence-corrected chi connectivity index (χ3v) is 8.70. The van der Waals surface area contributed by atoms with Crippen LogP contribution in [0.3, 0.4) is 0 Å². The number of benzene rings is 6. The zero-order valence-corrected chi connectivity index (χ0v) is 20.6. The Balaban J connectivity index is 1.38. The minimum absolute atomic E-state index is 0.346. The van der Waals surface area contributed by atoms with Crippen LogP contribution in [0.2, 0.25) is 0 Å². The van der Waals surface area contributed by atoms with E-state index in [-0.39, 0.29) is 5.41 Å². The molecule has 6 aromatic carbocycles. The number of fused-ring (bicyclic) bond motifs is 13. The van der Waals surface area contributed by atoms with Crippen molar-refractivity contribution in [3.05, 3.63) is 156 Å². The monoisotopic (exact) mass is 482 g/mol. The lowest BCUT2D eigenvalue weighted by Crippen LogP contribution is -2.25. The molecular weight excluding hydrogens is 460 g/mol. The van der Waals surface area contributed by atoms with E-state index in [1.165, 1.54) is 61.0 Å². The van der Waals surface area contributed by atoms with Gasteiger partial charge in [0.05, 0.1) is 5.41 Å². The highest BCUT2D eigenvalue weighted by atomic mass is 16.3. The number of furan rings is 1. The highest BCUT2D eigenvalue weighted by Crippen LogP contribution is 2.63. The van der Waals surface area contributed by atoms with Gasteiger partial charge in [0.2, 0.25) is 0 Å².